The van der Waals surface area contributed by atoms with Crippen LogP contribution in [-0.4, -0.2) is 54.5 Å². The minimum atomic E-state index is -0.823. The van der Waals surface area contributed by atoms with Crippen molar-refractivity contribution in [2.45, 2.75) is 63.2 Å². The van der Waals surface area contributed by atoms with E-state index in [1.165, 1.54) is 16.0 Å². The number of benzene rings is 5. The molecule has 6 aromatic rings. The van der Waals surface area contributed by atoms with E-state index in [0.29, 0.717) is 36.9 Å². The van der Waals surface area contributed by atoms with Crippen LogP contribution in [0.15, 0.2) is 140 Å². The first kappa shape index (κ1) is 33.4. The van der Waals surface area contributed by atoms with Crippen LogP contribution >= 0.6 is 0 Å². The van der Waals surface area contributed by atoms with Crippen molar-refractivity contribution in [3.8, 4) is 0 Å². The van der Waals surface area contributed by atoms with Crippen LogP contribution in [0.25, 0.3) is 0 Å². The van der Waals surface area contributed by atoms with Crippen molar-refractivity contribution in [2.24, 2.45) is 0 Å². The number of carbonyl (C=O) groups excluding carboxylic acids is 2. The summed E-state index contributed by atoms with van der Waals surface area (Å²) in [5.74, 6) is 0.321. The Morgan fingerprint density at radius 2 is 1.27 bits per heavy atom. The average Bonchev–Trinajstić information content (AvgIpc) is 3.78. The van der Waals surface area contributed by atoms with Crippen LogP contribution < -0.4 is 0 Å². The van der Waals surface area contributed by atoms with Crippen LogP contribution in [0.5, 0.6) is 0 Å². The Labute approximate surface area is 304 Å². The second-order valence-electron chi connectivity index (χ2n) is 13.7. The molecule has 8 rings (SSSR count). The first-order valence-electron chi connectivity index (χ1n) is 18.4. The Kier molecular flexibility index (Phi) is 9.31. The van der Waals surface area contributed by atoms with E-state index >= 15 is 0 Å². The number of carbonyl (C=O) groups is 2. The Balaban J connectivity index is 1.17. The van der Waals surface area contributed by atoms with E-state index < -0.39 is 11.7 Å². The monoisotopic (exact) mass is 686 g/mol. The van der Waals surface area contributed by atoms with Crippen molar-refractivity contribution in [1.82, 2.24) is 30.0 Å². The fraction of sp³-hybridized carbons (Fsp3) is 0.250. The van der Waals surface area contributed by atoms with Gasteiger partial charge in [0.05, 0.1) is 17.3 Å². The fourth-order valence-corrected chi connectivity index (χ4v) is 8.58. The molecule has 1 aromatic heterocycles. The van der Waals surface area contributed by atoms with E-state index in [0.717, 1.165) is 41.8 Å². The van der Waals surface area contributed by atoms with Gasteiger partial charge in [0, 0.05) is 19.0 Å². The molecular formula is C44H42N6O2. The maximum absolute atomic E-state index is 13.9. The minimum Gasteiger partial charge on any atom is -0.276 e. The Bertz CT molecular complexity index is 2040. The summed E-state index contributed by atoms with van der Waals surface area (Å²) >= 11 is 0. The molecule has 1 aliphatic heterocycles. The number of fused-ring (bicyclic) bond motifs is 2. The first-order chi connectivity index (χ1) is 25.6. The lowest BCUT2D eigenvalue weighted by Gasteiger charge is -2.43. The van der Waals surface area contributed by atoms with Crippen molar-refractivity contribution in [1.29, 1.82) is 0 Å². The van der Waals surface area contributed by atoms with Crippen molar-refractivity contribution >= 4 is 11.8 Å². The van der Waals surface area contributed by atoms with Gasteiger partial charge in [0.15, 0.2) is 5.82 Å². The zero-order chi connectivity index (χ0) is 35.5. The summed E-state index contributed by atoms with van der Waals surface area (Å²) in [5.41, 5.74) is 5.92. The van der Waals surface area contributed by atoms with E-state index in [1.54, 1.807) is 12.1 Å². The molecule has 8 nitrogen and oxygen atoms in total. The van der Waals surface area contributed by atoms with Crippen molar-refractivity contribution in [2.75, 3.05) is 6.54 Å². The largest absolute Gasteiger partial charge is 0.276 e. The molecule has 0 N–H and O–H groups in total. The summed E-state index contributed by atoms with van der Waals surface area (Å²) in [5, 5.41) is 13.7. The van der Waals surface area contributed by atoms with Crippen molar-refractivity contribution < 1.29 is 9.59 Å². The highest BCUT2D eigenvalue weighted by Gasteiger charge is 2.44. The van der Waals surface area contributed by atoms with E-state index in [4.69, 9.17) is 5.21 Å². The highest BCUT2D eigenvalue weighted by atomic mass is 16.2. The number of aromatic nitrogens is 4. The number of aryl methyl sites for hydroxylation is 2. The SMILES string of the molecule is CCC(N1C(=O)c2ccccc2C1=O)N(CCCc1nnnn1C(c1ccccc1)(c1ccccc1)c1ccccc1)C1CCCc2ccccc21. The minimum absolute atomic E-state index is 0.0623. The normalized spacial score (nSPS) is 16.2. The molecule has 0 bridgehead atoms. The molecule has 260 valence electrons. The maximum atomic E-state index is 13.9. The van der Waals surface area contributed by atoms with Crippen molar-refractivity contribution in [3.05, 3.63) is 184 Å². The lowest BCUT2D eigenvalue weighted by atomic mass is 9.77. The zero-order valence-electron chi connectivity index (χ0n) is 29.4. The summed E-state index contributed by atoms with van der Waals surface area (Å²) in [6, 6.07) is 47.2. The van der Waals surface area contributed by atoms with E-state index in [1.807, 2.05) is 35.0 Å². The van der Waals surface area contributed by atoms with Gasteiger partial charge in [0.1, 0.15) is 5.54 Å². The fourth-order valence-electron chi connectivity index (χ4n) is 8.58. The second-order valence-corrected chi connectivity index (χ2v) is 13.7. The maximum Gasteiger partial charge on any atom is 0.262 e. The zero-order valence-corrected chi connectivity index (χ0v) is 29.4. The van der Waals surface area contributed by atoms with Crippen LogP contribution in [0.1, 0.15) is 93.0 Å². The highest BCUT2D eigenvalue weighted by molar-refractivity contribution is 6.21. The molecule has 1 aliphatic carbocycles. The predicted octanol–water partition coefficient (Wildman–Crippen LogP) is 7.86. The van der Waals surface area contributed by atoms with Gasteiger partial charge in [-0.3, -0.25) is 19.4 Å². The molecule has 2 atom stereocenters. The summed E-state index contributed by atoms with van der Waals surface area (Å²) in [6.45, 7) is 2.72. The third-order valence-corrected chi connectivity index (χ3v) is 10.9. The molecule has 0 fully saturated rings. The molecule has 2 heterocycles. The molecule has 2 unspecified atom stereocenters. The van der Waals surface area contributed by atoms with Crippen LogP contribution in [0.2, 0.25) is 0 Å². The van der Waals surface area contributed by atoms with Crippen LogP contribution in [-0.2, 0) is 18.4 Å². The lowest BCUT2D eigenvalue weighted by Crippen LogP contribution is -2.52. The number of imide groups is 1. The standard InChI is InChI=1S/C44H42N6O2/c1-2-41(49-42(51)37-27-14-15-28-38(37)43(49)52)48(39-29-16-19-32-18-12-13-26-36(32)39)31-17-30-40-45-46-47-50(40)44(33-20-6-3-7-21-33,34-22-8-4-9-23-34)35-24-10-5-11-25-35/h3-15,18,20-28,39,41H,2,16-17,19,29-31H2,1H3. The molecule has 0 saturated heterocycles. The van der Waals surface area contributed by atoms with E-state index in [-0.39, 0.29) is 17.9 Å². The molecule has 2 aliphatic rings. The molecule has 2 amide bonds. The van der Waals surface area contributed by atoms with Crippen LogP contribution in [0, 0.1) is 0 Å². The quantitative estimate of drug-likeness (QED) is 0.0963. The molecular weight excluding hydrogens is 645 g/mol. The average molecular weight is 687 g/mol. The highest BCUT2D eigenvalue weighted by Crippen LogP contribution is 2.42. The number of rotatable bonds is 12. The van der Waals surface area contributed by atoms with Gasteiger partial charge < -0.3 is 0 Å². The first-order valence-corrected chi connectivity index (χ1v) is 18.4. The molecule has 5 aromatic carbocycles. The Hall–Kier alpha value is -5.73. The number of hydrogen-bond donors (Lipinski definition) is 0. The van der Waals surface area contributed by atoms with Gasteiger partial charge in [-0.1, -0.05) is 134 Å². The third kappa shape index (κ3) is 5.73. The van der Waals surface area contributed by atoms with Gasteiger partial charge in [-0.2, -0.15) is 0 Å². The van der Waals surface area contributed by atoms with Gasteiger partial charge in [0.25, 0.3) is 11.8 Å². The molecule has 8 heteroatoms. The van der Waals surface area contributed by atoms with Crippen LogP contribution in [0.3, 0.4) is 0 Å². The second kappa shape index (κ2) is 14.5. The molecule has 52 heavy (non-hydrogen) atoms. The summed E-state index contributed by atoms with van der Waals surface area (Å²) < 4.78 is 1.99. The predicted molar refractivity (Wildman–Crippen MR) is 201 cm³/mol. The van der Waals surface area contributed by atoms with Gasteiger partial charge in [-0.15, -0.1) is 5.10 Å². The summed E-state index contributed by atoms with van der Waals surface area (Å²) in [7, 11) is 0. The number of hydrogen-bond acceptors (Lipinski definition) is 6. The summed E-state index contributed by atoms with van der Waals surface area (Å²) in [6.07, 6.45) is 4.53. The van der Waals surface area contributed by atoms with Crippen LogP contribution in [0.4, 0.5) is 0 Å². The third-order valence-electron chi connectivity index (χ3n) is 10.9. The lowest BCUT2D eigenvalue weighted by molar-refractivity contribution is 0.0106. The van der Waals surface area contributed by atoms with Gasteiger partial charge >= 0.3 is 0 Å². The number of tetrazole rings is 1. The van der Waals surface area contributed by atoms with E-state index in [9.17, 15) is 9.59 Å². The van der Waals surface area contributed by atoms with Gasteiger partial charge in [0.2, 0.25) is 0 Å². The number of nitrogens with zero attached hydrogens (tertiary/aromatic N) is 6. The van der Waals surface area contributed by atoms with E-state index in [2.05, 4.69) is 119 Å². The molecule has 0 spiro atoms. The van der Waals surface area contributed by atoms with Gasteiger partial charge in [-0.05, 0) is 82.5 Å². The smallest absolute Gasteiger partial charge is 0.262 e. The van der Waals surface area contributed by atoms with Gasteiger partial charge in [-0.25, -0.2) is 4.68 Å². The number of amides is 2. The molecule has 0 radical (unpaired) electrons. The molecule has 0 saturated carbocycles. The Morgan fingerprint density at radius 1 is 0.731 bits per heavy atom. The summed E-state index contributed by atoms with van der Waals surface area (Å²) in [4.78, 5) is 31.7. The topological polar surface area (TPSA) is 84.2 Å². The Morgan fingerprint density at radius 3 is 1.85 bits per heavy atom. The van der Waals surface area contributed by atoms with Crippen molar-refractivity contribution in [3.63, 3.8) is 0 Å².